The Labute approximate surface area is 204 Å². The van der Waals surface area contributed by atoms with Gasteiger partial charge in [0.25, 0.3) is 5.56 Å². The molecule has 1 saturated carbocycles. The summed E-state index contributed by atoms with van der Waals surface area (Å²) in [7, 11) is 0. The normalized spacial score (nSPS) is 21.2. The van der Waals surface area contributed by atoms with Crippen LogP contribution in [0.5, 0.6) is 0 Å². The molecule has 34 heavy (non-hydrogen) atoms. The van der Waals surface area contributed by atoms with Gasteiger partial charge in [0, 0.05) is 12.6 Å². The quantitative estimate of drug-likeness (QED) is 0.374. The lowest BCUT2D eigenvalue weighted by molar-refractivity contribution is 0.0325. The van der Waals surface area contributed by atoms with Crippen LogP contribution >= 0.6 is 12.2 Å². The minimum atomic E-state index is -0.0643. The molecule has 2 aliphatic rings. The van der Waals surface area contributed by atoms with Crippen molar-refractivity contribution in [3.8, 4) is 5.69 Å². The lowest BCUT2D eigenvalue weighted by Gasteiger charge is -2.43. The van der Waals surface area contributed by atoms with Gasteiger partial charge in [0.15, 0.2) is 0 Å². The number of likely N-dealkylation sites (tertiary alicyclic amines) is 1. The molecule has 2 atom stereocenters. The first-order valence-electron chi connectivity index (χ1n) is 12.5. The van der Waals surface area contributed by atoms with Crippen LogP contribution in [-0.2, 0) is 6.67 Å². The highest BCUT2D eigenvalue weighted by molar-refractivity contribution is 7.71. The van der Waals surface area contributed by atoms with E-state index in [2.05, 4.69) is 24.8 Å². The molecule has 0 radical (unpaired) electrons. The monoisotopic (exact) mass is 473 g/mol. The molecule has 7 heteroatoms. The maximum Gasteiger partial charge on any atom is 0.267 e. The van der Waals surface area contributed by atoms with Crippen molar-refractivity contribution in [1.82, 2.24) is 23.6 Å². The number of hydrogen-bond acceptors (Lipinski definition) is 4. The number of aromatic nitrogens is 4. The van der Waals surface area contributed by atoms with Crippen LogP contribution in [0.4, 0.5) is 0 Å². The van der Waals surface area contributed by atoms with Gasteiger partial charge in [-0.1, -0.05) is 31.0 Å². The van der Waals surface area contributed by atoms with Gasteiger partial charge in [0.1, 0.15) is 0 Å². The van der Waals surface area contributed by atoms with E-state index in [1.807, 2.05) is 45.5 Å². The van der Waals surface area contributed by atoms with Gasteiger partial charge in [0.05, 0.1) is 23.3 Å². The Kier molecular flexibility index (Phi) is 5.41. The number of piperidine rings is 1. The number of benzene rings is 2. The van der Waals surface area contributed by atoms with Gasteiger partial charge < -0.3 is 0 Å². The van der Waals surface area contributed by atoms with Gasteiger partial charge in [-0.2, -0.15) is 0 Å². The SMILES string of the molecule is Cc1cc(C)cc(-n2c(=O)c3ccccc3n3c(=S)n(CN4CCC[C@@H]5CCCC[C@@H]54)nc23)c1. The van der Waals surface area contributed by atoms with Crippen LogP contribution in [0.1, 0.15) is 49.7 Å². The predicted molar refractivity (Wildman–Crippen MR) is 138 cm³/mol. The first-order chi connectivity index (χ1) is 16.5. The standard InChI is InChI=1S/C27H31N5OS/c1-18-14-19(2)16-21(15-18)31-25(33)22-10-4-6-12-24(22)32-26(31)28-30(27(32)34)17-29-13-7-9-20-8-3-5-11-23(20)29/h4,6,10,12,14-16,20,23H,3,5,7-9,11,13,17H2,1-2H3/t20-,23-/m0/s1. The number of nitrogens with zero attached hydrogens (tertiary/aromatic N) is 5. The Morgan fingerprint density at radius 1 is 1.00 bits per heavy atom. The van der Waals surface area contributed by atoms with E-state index in [1.165, 1.54) is 38.5 Å². The van der Waals surface area contributed by atoms with Crippen LogP contribution in [0.2, 0.25) is 0 Å². The van der Waals surface area contributed by atoms with Gasteiger partial charge >= 0.3 is 0 Å². The summed E-state index contributed by atoms with van der Waals surface area (Å²) in [5, 5.41) is 5.64. The first kappa shape index (κ1) is 21.7. The molecule has 6 nitrogen and oxygen atoms in total. The summed E-state index contributed by atoms with van der Waals surface area (Å²) >= 11 is 6.00. The van der Waals surface area contributed by atoms with E-state index < -0.39 is 0 Å². The van der Waals surface area contributed by atoms with E-state index in [-0.39, 0.29) is 5.56 Å². The molecule has 2 aromatic heterocycles. The van der Waals surface area contributed by atoms with Crippen LogP contribution in [-0.4, -0.2) is 36.2 Å². The molecule has 2 aromatic carbocycles. The Hall–Kier alpha value is -2.77. The van der Waals surface area contributed by atoms with Crippen molar-refractivity contribution in [3.05, 3.63) is 68.7 Å². The van der Waals surface area contributed by atoms with Crippen molar-refractivity contribution in [1.29, 1.82) is 0 Å². The number of aryl methyl sites for hydroxylation is 2. The molecular formula is C27H31N5OS. The van der Waals surface area contributed by atoms with E-state index in [0.29, 0.717) is 28.6 Å². The molecule has 2 fully saturated rings. The first-order valence-corrected chi connectivity index (χ1v) is 12.9. The van der Waals surface area contributed by atoms with Crippen molar-refractivity contribution in [3.63, 3.8) is 0 Å². The molecule has 0 unspecified atom stereocenters. The second-order valence-corrected chi connectivity index (χ2v) is 10.5. The zero-order valence-electron chi connectivity index (χ0n) is 19.9. The fourth-order valence-corrected chi connectivity index (χ4v) is 6.57. The summed E-state index contributed by atoms with van der Waals surface area (Å²) in [6.07, 6.45) is 7.85. The smallest absolute Gasteiger partial charge is 0.267 e. The van der Waals surface area contributed by atoms with Gasteiger partial charge in [-0.25, -0.2) is 9.25 Å². The molecule has 3 heterocycles. The summed E-state index contributed by atoms with van der Waals surface area (Å²) in [5.74, 6) is 1.37. The zero-order chi connectivity index (χ0) is 23.4. The van der Waals surface area contributed by atoms with Gasteiger partial charge in [0.2, 0.25) is 10.5 Å². The summed E-state index contributed by atoms with van der Waals surface area (Å²) < 4.78 is 6.29. The lowest BCUT2D eigenvalue weighted by Crippen LogP contribution is -2.47. The van der Waals surface area contributed by atoms with Crippen LogP contribution < -0.4 is 5.56 Å². The van der Waals surface area contributed by atoms with E-state index >= 15 is 0 Å². The molecule has 0 spiro atoms. The maximum absolute atomic E-state index is 13.7. The van der Waals surface area contributed by atoms with Crippen molar-refractivity contribution in [2.75, 3.05) is 6.54 Å². The Morgan fingerprint density at radius 2 is 1.74 bits per heavy atom. The second-order valence-electron chi connectivity index (χ2n) is 10.1. The highest BCUT2D eigenvalue weighted by Gasteiger charge is 2.33. The van der Waals surface area contributed by atoms with Crippen LogP contribution in [0, 0.1) is 24.5 Å². The predicted octanol–water partition coefficient (Wildman–Crippen LogP) is 5.40. The van der Waals surface area contributed by atoms with Gasteiger partial charge in [-0.05, 0) is 93.1 Å². The Bertz CT molecular complexity index is 1490. The molecule has 0 N–H and O–H groups in total. The van der Waals surface area contributed by atoms with Crippen molar-refractivity contribution >= 4 is 28.9 Å². The third-order valence-electron chi connectivity index (χ3n) is 7.74. The number of para-hydroxylation sites is 1. The number of fused-ring (bicyclic) bond motifs is 4. The molecule has 1 aliphatic carbocycles. The van der Waals surface area contributed by atoms with E-state index in [0.717, 1.165) is 34.8 Å². The van der Waals surface area contributed by atoms with Crippen LogP contribution in [0.3, 0.4) is 0 Å². The zero-order valence-corrected chi connectivity index (χ0v) is 20.7. The molecule has 6 rings (SSSR count). The van der Waals surface area contributed by atoms with Crippen molar-refractivity contribution in [2.45, 2.75) is 65.1 Å². The lowest BCUT2D eigenvalue weighted by atomic mass is 9.78. The van der Waals surface area contributed by atoms with Gasteiger partial charge in [-0.15, -0.1) is 5.10 Å². The molecule has 4 aromatic rings. The summed E-state index contributed by atoms with van der Waals surface area (Å²) in [6.45, 7) is 5.88. The third kappa shape index (κ3) is 3.53. The average molecular weight is 474 g/mol. The molecule has 1 aliphatic heterocycles. The van der Waals surface area contributed by atoms with E-state index in [9.17, 15) is 4.79 Å². The highest BCUT2D eigenvalue weighted by atomic mass is 32.1. The molecular weight excluding hydrogens is 442 g/mol. The van der Waals surface area contributed by atoms with Crippen LogP contribution in [0.15, 0.2) is 47.3 Å². The van der Waals surface area contributed by atoms with Crippen molar-refractivity contribution < 1.29 is 0 Å². The van der Waals surface area contributed by atoms with E-state index in [1.54, 1.807) is 4.57 Å². The third-order valence-corrected chi connectivity index (χ3v) is 8.13. The molecule has 176 valence electrons. The Morgan fingerprint density at radius 3 is 2.56 bits per heavy atom. The fourth-order valence-electron chi connectivity index (χ4n) is 6.29. The summed E-state index contributed by atoms with van der Waals surface area (Å²) in [5.41, 5.74) is 3.81. The number of hydrogen-bond donors (Lipinski definition) is 0. The topological polar surface area (TPSA) is 47.5 Å². The fraction of sp³-hybridized carbons (Fsp3) is 0.444. The summed E-state index contributed by atoms with van der Waals surface area (Å²) in [4.78, 5) is 16.3. The molecule has 0 bridgehead atoms. The van der Waals surface area contributed by atoms with E-state index in [4.69, 9.17) is 17.3 Å². The average Bonchev–Trinajstić information content (AvgIpc) is 3.14. The van der Waals surface area contributed by atoms with Gasteiger partial charge in [-0.3, -0.25) is 14.1 Å². The number of rotatable bonds is 3. The second kappa shape index (κ2) is 8.47. The Balaban J connectivity index is 1.56. The molecule has 0 amide bonds. The summed E-state index contributed by atoms with van der Waals surface area (Å²) in [6, 6.07) is 14.5. The minimum absolute atomic E-state index is 0.0643. The van der Waals surface area contributed by atoms with Crippen molar-refractivity contribution in [2.24, 2.45) is 5.92 Å². The minimum Gasteiger partial charge on any atom is -0.281 e. The maximum atomic E-state index is 13.7. The molecule has 1 saturated heterocycles. The highest BCUT2D eigenvalue weighted by Crippen LogP contribution is 2.35. The largest absolute Gasteiger partial charge is 0.281 e. The van der Waals surface area contributed by atoms with Crippen LogP contribution in [0.25, 0.3) is 22.4 Å².